The maximum absolute atomic E-state index is 12.6. The van der Waals surface area contributed by atoms with Crippen molar-refractivity contribution in [3.05, 3.63) is 65.2 Å². The van der Waals surface area contributed by atoms with Gasteiger partial charge in [-0.1, -0.05) is 18.2 Å². The summed E-state index contributed by atoms with van der Waals surface area (Å²) < 4.78 is 37.7. The topological polar surface area (TPSA) is 82.0 Å². The van der Waals surface area contributed by atoms with Crippen molar-refractivity contribution in [1.29, 1.82) is 5.26 Å². The Morgan fingerprint density at radius 2 is 1.69 bits per heavy atom. The van der Waals surface area contributed by atoms with Crippen molar-refractivity contribution in [3.8, 4) is 6.07 Å². The third-order valence-electron chi connectivity index (χ3n) is 3.46. The highest BCUT2D eigenvalue weighted by molar-refractivity contribution is 6.04. The molecule has 2 rings (SSSR count). The number of benzene rings is 2. The fraction of sp³-hybridized carbons (Fsp3) is 0.167. The van der Waals surface area contributed by atoms with Crippen LogP contribution in [0, 0.1) is 11.3 Å². The summed E-state index contributed by atoms with van der Waals surface area (Å²) in [6.07, 6.45) is -4.75. The van der Waals surface area contributed by atoms with E-state index < -0.39 is 23.6 Å². The van der Waals surface area contributed by atoms with Gasteiger partial charge in [-0.15, -0.1) is 0 Å². The van der Waals surface area contributed by atoms with Crippen LogP contribution in [0.4, 0.5) is 18.9 Å². The number of rotatable bonds is 5. The van der Waals surface area contributed by atoms with Gasteiger partial charge >= 0.3 is 6.18 Å². The Balaban J connectivity index is 2.09. The second-order valence-electron chi connectivity index (χ2n) is 5.30. The smallest absolute Gasteiger partial charge is 0.351 e. The maximum atomic E-state index is 12.6. The number of anilines is 1. The molecule has 0 saturated carbocycles. The van der Waals surface area contributed by atoms with Crippen molar-refractivity contribution >= 4 is 17.5 Å². The molecule has 0 unspecified atom stereocenters. The zero-order valence-electron chi connectivity index (χ0n) is 13.4. The first kappa shape index (κ1) is 19.0. The summed E-state index contributed by atoms with van der Waals surface area (Å²) in [5, 5.41) is 13.6. The molecule has 134 valence electrons. The van der Waals surface area contributed by atoms with Crippen LogP contribution in [0.1, 0.15) is 27.9 Å². The molecule has 2 aromatic rings. The molecule has 0 fully saturated rings. The van der Waals surface area contributed by atoms with E-state index in [9.17, 15) is 22.8 Å². The van der Waals surface area contributed by atoms with Crippen LogP contribution in [0.5, 0.6) is 0 Å². The van der Waals surface area contributed by atoms with E-state index in [1.54, 1.807) is 30.3 Å². The molecule has 0 aliphatic rings. The van der Waals surface area contributed by atoms with Crippen LogP contribution in [0.25, 0.3) is 0 Å². The number of amides is 2. The van der Waals surface area contributed by atoms with Gasteiger partial charge in [0.1, 0.15) is 6.42 Å². The second-order valence-corrected chi connectivity index (χ2v) is 5.30. The molecular weight excluding hydrogens is 347 g/mol. The van der Waals surface area contributed by atoms with Gasteiger partial charge in [-0.05, 0) is 35.9 Å². The second kappa shape index (κ2) is 8.16. The molecule has 2 amide bonds. The number of hydrogen-bond acceptors (Lipinski definition) is 3. The number of halogens is 3. The third-order valence-corrected chi connectivity index (χ3v) is 3.46. The Hall–Kier alpha value is -3.34. The summed E-state index contributed by atoms with van der Waals surface area (Å²) in [5.74, 6) is -1.02. The van der Waals surface area contributed by atoms with Crippen molar-refractivity contribution in [2.45, 2.75) is 19.1 Å². The van der Waals surface area contributed by atoms with Gasteiger partial charge in [-0.25, -0.2) is 0 Å². The third kappa shape index (κ3) is 5.08. The Bertz CT molecular complexity index is 840. The number of carbonyl (C=O) groups is 2. The molecule has 0 heterocycles. The molecule has 0 saturated heterocycles. The van der Waals surface area contributed by atoms with Crippen molar-refractivity contribution in [3.63, 3.8) is 0 Å². The number of hydrogen-bond donors (Lipinski definition) is 2. The molecule has 0 aliphatic carbocycles. The molecule has 2 aromatic carbocycles. The zero-order chi connectivity index (χ0) is 19.2. The minimum absolute atomic E-state index is 0.0707. The quantitative estimate of drug-likeness (QED) is 0.855. The molecule has 8 heteroatoms. The number of nitrogens with one attached hydrogen (secondary N) is 2. The monoisotopic (exact) mass is 361 g/mol. The lowest BCUT2D eigenvalue weighted by atomic mass is 10.1. The highest BCUT2D eigenvalue weighted by Crippen LogP contribution is 2.29. The lowest BCUT2D eigenvalue weighted by molar-refractivity contribution is -0.137. The minimum atomic E-state index is -4.47. The molecule has 0 atom stereocenters. The Morgan fingerprint density at radius 1 is 1.04 bits per heavy atom. The number of alkyl halides is 3. The van der Waals surface area contributed by atoms with E-state index in [0.717, 1.165) is 24.3 Å². The van der Waals surface area contributed by atoms with E-state index in [2.05, 4.69) is 10.6 Å². The van der Waals surface area contributed by atoms with Gasteiger partial charge in [0, 0.05) is 17.8 Å². The average Bonchev–Trinajstić information content (AvgIpc) is 2.60. The SMILES string of the molecule is N#CCC(=O)NCc1ccccc1NC(=O)c1ccc(C(F)(F)F)cc1. The number of para-hydroxylation sites is 1. The van der Waals surface area contributed by atoms with Crippen LogP contribution in [-0.2, 0) is 17.5 Å². The maximum Gasteiger partial charge on any atom is 0.416 e. The van der Waals surface area contributed by atoms with Crippen LogP contribution < -0.4 is 10.6 Å². The molecular formula is C18H14F3N3O2. The van der Waals surface area contributed by atoms with Crippen LogP contribution in [-0.4, -0.2) is 11.8 Å². The zero-order valence-corrected chi connectivity index (χ0v) is 13.4. The van der Waals surface area contributed by atoms with Gasteiger partial charge in [0.2, 0.25) is 5.91 Å². The molecule has 0 spiro atoms. The average molecular weight is 361 g/mol. The number of nitrogens with zero attached hydrogens (tertiary/aromatic N) is 1. The predicted octanol–water partition coefficient (Wildman–Crippen LogP) is 3.49. The van der Waals surface area contributed by atoms with Crippen molar-refractivity contribution in [2.24, 2.45) is 0 Å². The summed E-state index contributed by atoms with van der Waals surface area (Å²) in [7, 11) is 0. The van der Waals surface area contributed by atoms with Crippen LogP contribution in [0.2, 0.25) is 0 Å². The summed E-state index contributed by atoms with van der Waals surface area (Å²) in [6.45, 7) is 0.101. The lowest BCUT2D eigenvalue weighted by Gasteiger charge is -2.12. The first-order chi connectivity index (χ1) is 12.3. The molecule has 0 aliphatic heterocycles. The standard InChI is InChI=1S/C18H14F3N3O2/c19-18(20,21)14-7-5-12(6-8-14)17(26)24-15-4-2-1-3-13(15)11-23-16(25)9-10-22/h1-8H,9,11H2,(H,23,25)(H,24,26). The minimum Gasteiger partial charge on any atom is -0.351 e. The van der Waals surface area contributed by atoms with Gasteiger partial charge in [0.25, 0.3) is 5.91 Å². The van der Waals surface area contributed by atoms with Crippen LogP contribution in [0.3, 0.4) is 0 Å². The summed E-state index contributed by atoms with van der Waals surface area (Å²) in [6, 6.07) is 12.2. The van der Waals surface area contributed by atoms with E-state index >= 15 is 0 Å². The molecule has 0 radical (unpaired) electrons. The van der Waals surface area contributed by atoms with Crippen LogP contribution in [0.15, 0.2) is 48.5 Å². The normalized spacial score (nSPS) is 10.7. The molecule has 2 N–H and O–H groups in total. The van der Waals surface area contributed by atoms with E-state index in [1.807, 2.05) is 0 Å². The van der Waals surface area contributed by atoms with Gasteiger partial charge in [-0.2, -0.15) is 18.4 Å². The number of nitriles is 1. The van der Waals surface area contributed by atoms with Gasteiger partial charge in [0.15, 0.2) is 0 Å². The predicted molar refractivity (Wildman–Crippen MR) is 87.9 cm³/mol. The first-order valence-corrected chi connectivity index (χ1v) is 7.51. The molecule has 0 aromatic heterocycles. The van der Waals surface area contributed by atoms with E-state index in [-0.39, 0.29) is 18.5 Å². The lowest BCUT2D eigenvalue weighted by Crippen LogP contribution is -2.23. The van der Waals surface area contributed by atoms with E-state index in [1.165, 1.54) is 0 Å². The largest absolute Gasteiger partial charge is 0.416 e. The van der Waals surface area contributed by atoms with E-state index in [4.69, 9.17) is 5.26 Å². The fourth-order valence-corrected chi connectivity index (χ4v) is 2.13. The Morgan fingerprint density at radius 3 is 2.31 bits per heavy atom. The Kier molecular flexibility index (Phi) is 5.96. The summed E-state index contributed by atoms with van der Waals surface area (Å²) in [4.78, 5) is 23.6. The van der Waals surface area contributed by atoms with Crippen molar-refractivity contribution in [1.82, 2.24) is 5.32 Å². The number of carbonyl (C=O) groups excluding carboxylic acids is 2. The molecule has 26 heavy (non-hydrogen) atoms. The van der Waals surface area contributed by atoms with Gasteiger partial charge < -0.3 is 10.6 Å². The van der Waals surface area contributed by atoms with E-state index in [0.29, 0.717) is 11.3 Å². The molecule has 0 bridgehead atoms. The van der Waals surface area contributed by atoms with Gasteiger partial charge in [0.05, 0.1) is 11.6 Å². The van der Waals surface area contributed by atoms with Crippen molar-refractivity contribution in [2.75, 3.05) is 5.32 Å². The fourth-order valence-electron chi connectivity index (χ4n) is 2.13. The Labute approximate surface area is 147 Å². The van der Waals surface area contributed by atoms with Gasteiger partial charge in [-0.3, -0.25) is 9.59 Å². The molecule has 5 nitrogen and oxygen atoms in total. The first-order valence-electron chi connectivity index (χ1n) is 7.51. The van der Waals surface area contributed by atoms with Crippen molar-refractivity contribution < 1.29 is 22.8 Å². The highest BCUT2D eigenvalue weighted by Gasteiger charge is 2.30. The summed E-state index contributed by atoms with van der Waals surface area (Å²) >= 11 is 0. The highest BCUT2D eigenvalue weighted by atomic mass is 19.4. The summed E-state index contributed by atoms with van der Waals surface area (Å²) in [5.41, 5.74) is 0.240. The van der Waals surface area contributed by atoms with Crippen LogP contribution >= 0.6 is 0 Å².